The van der Waals surface area contributed by atoms with Crippen molar-refractivity contribution in [3.63, 3.8) is 0 Å². The van der Waals surface area contributed by atoms with Gasteiger partial charge < -0.3 is 10.4 Å². The Morgan fingerprint density at radius 2 is 2.05 bits per heavy atom. The summed E-state index contributed by atoms with van der Waals surface area (Å²) in [6.45, 7) is 4.19. The second-order valence-electron chi connectivity index (χ2n) is 4.90. The molecule has 0 spiro atoms. The lowest BCUT2D eigenvalue weighted by molar-refractivity contribution is 0.0697. The Bertz CT molecular complexity index is 671. The molecule has 0 unspecified atom stereocenters. The number of benzene rings is 1. The first-order valence-electron chi connectivity index (χ1n) is 6.67. The van der Waals surface area contributed by atoms with Crippen molar-refractivity contribution in [2.75, 3.05) is 11.9 Å². The average molecular weight is 288 g/mol. The molecule has 21 heavy (non-hydrogen) atoms. The number of aromatic carboxylic acids is 1. The Kier molecular flexibility index (Phi) is 4.52. The highest BCUT2D eigenvalue weighted by atomic mass is 19.1. The molecule has 0 fully saturated rings. The first-order valence-corrected chi connectivity index (χ1v) is 6.67. The molecule has 4 nitrogen and oxygen atoms in total. The minimum absolute atomic E-state index is 0.149. The van der Waals surface area contributed by atoms with Crippen molar-refractivity contribution in [1.29, 1.82) is 0 Å². The van der Waals surface area contributed by atoms with E-state index in [0.29, 0.717) is 18.8 Å². The predicted octanol–water partition coefficient (Wildman–Crippen LogP) is 3.19. The van der Waals surface area contributed by atoms with E-state index in [0.717, 1.165) is 16.8 Å². The molecule has 0 aliphatic rings. The van der Waals surface area contributed by atoms with Crippen LogP contribution in [-0.2, 0) is 6.42 Å². The van der Waals surface area contributed by atoms with Crippen molar-refractivity contribution in [2.24, 2.45) is 0 Å². The van der Waals surface area contributed by atoms with E-state index in [4.69, 9.17) is 5.11 Å². The van der Waals surface area contributed by atoms with E-state index in [2.05, 4.69) is 10.3 Å². The summed E-state index contributed by atoms with van der Waals surface area (Å²) in [5, 5.41) is 12.2. The number of nitrogens with one attached hydrogen (secondary N) is 1. The van der Waals surface area contributed by atoms with Gasteiger partial charge in [-0.2, -0.15) is 0 Å². The largest absolute Gasteiger partial charge is 0.478 e. The van der Waals surface area contributed by atoms with Gasteiger partial charge in [0.2, 0.25) is 0 Å². The van der Waals surface area contributed by atoms with Gasteiger partial charge in [0.1, 0.15) is 17.2 Å². The predicted molar refractivity (Wildman–Crippen MR) is 79.3 cm³/mol. The Labute approximate surface area is 122 Å². The maximum Gasteiger partial charge on any atom is 0.339 e. The lowest BCUT2D eigenvalue weighted by Gasteiger charge is -2.10. The van der Waals surface area contributed by atoms with Crippen LogP contribution in [0.25, 0.3) is 0 Å². The van der Waals surface area contributed by atoms with E-state index in [1.54, 1.807) is 19.1 Å². The van der Waals surface area contributed by atoms with Gasteiger partial charge in [-0.15, -0.1) is 0 Å². The highest BCUT2D eigenvalue weighted by Gasteiger charge is 2.11. The fourth-order valence-corrected chi connectivity index (χ4v) is 2.12. The van der Waals surface area contributed by atoms with E-state index in [1.807, 2.05) is 6.92 Å². The molecule has 5 heteroatoms. The standard InChI is InChI=1S/C16H17FN2O2/c1-10-9-13(17)5-4-12(10)7-8-18-15-14(16(20)21)6-3-11(2)19-15/h3-6,9H,7-8H2,1-2H3,(H,18,19)(H,20,21). The normalized spacial score (nSPS) is 10.4. The molecule has 2 N–H and O–H groups in total. The van der Waals surface area contributed by atoms with Crippen molar-refractivity contribution < 1.29 is 14.3 Å². The number of pyridine rings is 1. The minimum atomic E-state index is -1.01. The number of carbonyl (C=O) groups is 1. The highest BCUT2D eigenvalue weighted by Crippen LogP contribution is 2.15. The monoisotopic (exact) mass is 288 g/mol. The smallest absolute Gasteiger partial charge is 0.339 e. The number of carboxylic acid groups (broad SMARTS) is 1. The summed E-state index contributed by atoms with van der Waals surface area (Å²) in [7, 11) is 0. The molecule has 0 atom stereocenters. The van der Waals surface area contributed by atoms with Crippen molar-refractivity contribution >= 4 is 11.8 Å². The maximum absolute atomic E-state index is 13.0. The third-order valence-electron chi connectivity index (χ3n) is 3.26. The van der Waals surface area contributed by atoms with Crippen LogP contribution < -0.4 is 5.32 Å². The number of hydrogen-bond acceptors (Lipinski definition) is 3. The minimum Gasteiger partial charge on any atom is -0.478 e. The average Bonchev–Trinajstić information content (AvgIpc) is 2.41. The molecule has 0 aliphatic carbocycles. The van der Waals surface area contributed by atoms with Crippen LogP contribution in [0.4, 0.5) is 10.2 Å². The molecule has 0 saturated heterocycles. The van der Waals surface area contributed by atoms with Crippen LogP contribution in [0, 0.1) is 19.7 Å². The summed E-state index contributed by atoms with van der Waals surface area (Å²) < 4.78 is 13.0. The van der Waals surface area contributed by atoms with Crippen LogP contribution in [0.1, 0.15) is 27.2 Å². The van der Waals surface area contributed by atoms with Crippen LogP contribution in [0.15, 0.2) is 30.3 Å². The molecule has 0 saturated carbocycles. The fourth-order valence-electron chi connectivity index (χ4n) is 2.12. The van der Waals surface area contributed by atoms with Gasteiger partial charge in [0.15, 0.2) is 0 Å². The summed E-state index contributed by atoms with van der Waals surface area (Å²) in [5.41, 5.74) is 2.80. The number of aromatic nitrogens is 1. The molecule has 1 aromatic heterocycles. The van der Waals surface area contributed by atoms with E-state index >= 15 is 0 Å². The number of carboxylic acids is 1. The number of halogens is 1. The lowest BCUT2D eigenvalue weighted by Crippen LogP contribution is -2.12. The Hall–Kier alpha value is -2.43. The van der Waals surface area contributed by atoms with Gasteiger partial charge in [-0.1, -0.05) is 6.07 Å². The number of aryl methyl sites for hydroxylation is 2. The van der Waals surface area contributed by atoms with Gasteiger partial charge in [-0.05, 0) is 55.7 Å². The van der Waals surface area contributed by atoms with Gasteiger partial charge in [0, 0.05) is 12.2 Å². The molecule has 1 heterocycles. The Morgan fingerprint density at radius 1 is 1.29 bits per heavy atom. The SMILES string of the molecule is Cc1ccc(C(=O)O)c(NCCc2ccc(F)cc2C)n1. The van der Waals surface area contributed by atoms with Crippen LogP contribution >= 0.6 is 0 Å². The molecule has 110 valence electrons. The molecule has 0 bridgehead atoms. The quantitative estimate of drug-likeness (QED) is 0.887. The molecule has 0 radical (unpaired) electrons. The van der Waals surface area contributed by atoms with E-state index < -0.39 is 5.97 Å². The van der Waals surface area contributed by atoms with Crippen molar-refractivity contribution in [1.82, 2.24) is 4.98 Å². The Balaban J connectivity index is 2.06. The van der Waals surface area contributed by atoms with Gasteiger partial charge in [-0.3, -0.25) is 0 Å². The second kappa shape index (κ2) is 6.35. The summed E-state index contributed by atoms with van der Waals surface area (Å²) in [5.74, 6) is -0.900. The van der Waals surface area contributed by atoms with E-state index in [-0.39, 0.29) is 11.4 Å². The lowest BCUT2D eigenvalue weighted by atomic mass is 10.1. The molecule has 2 rings (SSSR count). The highest BCUT2D eigenvalue weighted by molar-refractivity contribution is 5.93. The third-order valence-corrected chi connectivity index (χ3v) is 3.26. The zero-order valence-electron chi connectivity index (χ0n) is 12.0. The summed E-state index contributed by atoms with van der Waals surface area (Å²) in [6, 6.07) is 7.86. The van der Waals surface area contributed by atoms with Gasteiger partial charge in [0.05, 0.1) is 0 Å². The molecule has 2 aromatic rings. The third kappa shape index (κ3) is 3.78. The molecule has 0 aliphatic heterocycles. The van der Waals surface area contributed by atoms with Gasteiger partial charge >= 0.3 is 5.97 Å². The zero-order valence-corrected chi connectivity index (χ0v) is 12.0. The molecular formula is C16H17FN2O2. The molecule has 0 amide bonds. The van der Waals surface area contributed by atoms with E-state index in [9.17, 15) is 9.18 Å². The first-order chi connectivity index (χ1) is 9.97. The molecular weight excluding hydrogens is 271 g/mol. The summed E-state index contributed by atoms with van der Waals surface area (Å²) in [4.78, 5) is 15.3. The van der Waals surface area contributed by atoms with Crippen LogP contribution in [0.3, 0.4) is 0 Å². The topological polar surface area (TPSA) is 62.2 Å². The van der Waals surface area contributed by atoms with E-state index in [1.165, 1.54) is 18.2 Å². The van der Waals surface area contributed by atoms with Crippen LogP contribution in [-0.4, -0.2) is 22.6 Å². The zero-order chi connectivity index (χ0) is 15.4. The van der Waals surface area contributed by atoms with Crippen LogP contribution in [0.5, 0.6) is 0 Å². The number of rotatable bonds is 5. The molecule has 1 aromatic carbocycles. The van der Waals surface area contributed by atoms with Gasteiger partial charge in [0.25, 0.3) is 0 Å². The van der Waals surface area contributed by atoms with Gasteiger partial charge in [-0.25, -0.2) is 14.2 Å². The number of hydrogen-bond donors (Lipinski definition) is 2. The van der Waals surface area contributed by atoms with Crippen molar-refractivity contribution in [3.8, 4) is 0 Å². The van der Waals surface area contributed by atoms with Crippen molar-refractivity contribution in [3.05, 3.63) is 58.5 Å². The maximum atomic E-state index is 13.0. The van der Waals surface area contributed by atoms with Crippen LogP contribution in [0.2, 0.25) is 0 Å². The fraction of sp³-hybridized carbons (Fsp3) is 0.250. The Morgan fingerprint density at radius 3 is 2.71 bits per heavy atom. The van der Waals surface area contributed by atoms with Crippen molar-refractivity contribution in [2.45, 2.75) is 20.3 Å². The number of anilines is 1. The summed E-state index contributed by atoms with van der Waals surface area (Å²) in [6.07, 6.45) is 0.667. The summed E-state index contributed by atoms with van der Waals surface area (Å²) >= 11 is 0. The number of nitrogens with zero attached hydrogens (tertiary/aromatic N) is 1. The first kappa shape index (κ1) is 15.0. The second-order valence-corrected chi connectivity index (χ2v) is 4.90.